The molecule has 3 aromatic rings. The number of halogens is 1. The van der Waals surface area contributed by atoms with Crippen molar-refractivity contribution >= 4 is 51.9 Å². The fourth-order valence-corrected chi connectivity index (χ4v) is 5.34. The third kappa shape index (κ3) is 7.52. The zero-order valence-electron chi connectivity index (χ0n) is 22.4. The molecule has 1 aliphatic rings. The van der Waals surface area contributed by atoms with Crippen LogP contribution in [0, 0.1) is 13.8 Å². The summed E-state index contributed by atoms with van der Waals surface area (Å²) in [5.74, 6) is 0.612. The fourth-order valence-electron chi connectivity index (χ4n) is 4.17. The molecule has 1 heterocycles. The summed E-state index contributed by atoms with van der Waals surface area (Å²) in [7, 11) is 0. The fraction of sp³-hybridized carbons (Fsp3) is 0.312. The van der Waals surface area contributed by atoms with E-state index in [1.165, 1.54) is 37.4 Å². The Kier molecular flexibility index (Phi) is 10.1. The van der Waals surface area contributed by atoms with Gasteiger partial charge in [-0.2, -0.15) is 0 Å². The number of nitrogens with zero attached hydrogens (tertiary/aromatic N) is 2. The van der Waals surface area contributed by atoms with Crippen molar-refractivity contribution in [3.8, 4) is 5.75 Å². The average Bonchev–Trinajstić information content (AvgIpc) is 3.20. The molecule has 1 saturated heterocycles. The van der Waals surface area contributed by atoms with Crippen LogP contribution in [-0.4, -0.2) is 17.7 Å². The first-order chi connectivity index (χ1) is 18.4. The maximum Gasteiger partial charge on any atom is 0.271 e. The smallest absolute Gasteiger partial charge is 0.271 e. The van der Waals surface area contributed by atoms with Gasteiger partial charge in [0.15, 0.2) is 5.17 Å². The zero-order chi connectivity index (χ0) is 26.9. The van der Waals surface area contributed by atoms with E-state index in [1.807, 2.05) is 86.7 Å². The molecule has 4 rings (SSSR count). The van der Waals surface area contributed by atoms with Crippen LogP contribution in [0.25, 0.3) is 6.08 Å². The van der Waals surface area contributed by atoms with Gasteiger partial charge in [-0.05, 0) is 80.6 Å². The molecule has 198 valence electrons. The van der Waals surface area contributed by atoms with Crippen LogP contribution in [0.1, 0.15) is 62.1 Å². The Hall–Kier alpha value is -3.02. The molecule has 0 bridgehead atoms. The van der Waals surface area contributed by atoms with Gasteiger partial charge in [0.05, 0.1) is 22.9 Å². The molecule has 0 radical (unpaired) electrons. The molecule has 3 aromatic carbocycles. The summed E-state index contributed by atoms with van der Waals surface area (Å²) in [4.78, 5) is 20.8. The lowest BCUT2D eigenvalue weighted by atomic mass is 10.1. The summed E-state index contributed by atoms with van der Waals surface area (Å²) in [6, 6.07) is 21.5. The summed E-state index contributed by atoms with van der Waals surface area (Å²) in [6.07, 6.45) is 9.07. The van der Waals surface area contributed by atoms with Crippen molar-refractivity contribution in [1.29, 1.82) is 0 Å². The van der Waals surface area contributed by atoms with Crippen molar-refractivity contribution in [2.24, 2.45) is 4.99 Å². The van der Waals surface area contributed by atoms with Crippen molar-refractivity contribution < 1.29 is 9.53 Å². The number of unbranched alkanes of at least 4 members (excludes halogenated alkanes) is 5. The second kappa shape index (κ2) is 13.7. The van der Waals surface area contributed by atoms with Gasteiger partial charge in [0.1, 0.15) is 5.75 Å². The van der Waals surface area contributed by atoms with Crippen LogP contribution in [0.5, 0.6) is 5.75 Å². The predicted octanol–water partition coefficient (Wildman–Crippen LogP) is 9.50. The monoisotopic (exact) mass is 546 g/mol. The van der Waals surface area contributed by atoms with Crippen molar-refractivity contribution in [3.63, 3.8) is 0 Å². The van der Waals surface area contributed by atoms with Gasteiger partial charge in [-0.25, -0.2) is 4.99 Å². The lowest BCUT2D eigenvalue weighted by Crippen LogP contribution is -2.28. The molecule has 38 heavy (non-hydrogen) atoms. The minimum Gasteiger partial charge on any atom is -0.493 e. The van der Waals surface area contributed by atoms with E-state index in [1.54, 1.807) is 4.90 Å². The highest BCUT2D eigenvalue weighted by atomic mass is 35.5. The van der Waals surface area contributed by atoms with Crippen LogP contribution >= 0.6 is 23.4 Å². The topological polar surface area (TPSA) is 41.9 Å². The number of hydrogen-bond donors (Lipinski definition) is 0. The molecule has 0 aliphatic carbocycles. The van der Waals surface area contributed by atoms with Crippen LogP contribution in [-0.2, 0) is 4.79 Å². The van der Waals surface area contributed by atoms with Crippen LogP contribution < -0.4 is 9.64 Å². The minimum absolute atomic E-state index is 0.119. The van der Waals surface area contributed by atoms with Crippen molar-refractivity contribution in [2.75, 3.05) is 11.5 Å². The maximum atomic E-state index is 13.7. The third-order valence-electron chi connectivity index (χ3n) is 6.37. The standard InChI is InChI=1S/C32H35ClN2O2S/c1-4-5-6-7-8-9-20-37-29-19-14-26(33)21-25(29)22-30-31(36)35(28-17-12-24(3)13-18-28)32(38-30)34-27-15-10-23(2)11-16-27/h10-19,21-22H,4-9,20H2,1-3H3/b30-22+,34-32?. The summed E-state index contributed by atoms with van der Waals surface area (Å²) in [5, 5.41) is 1.22. The highest BCUT2D eigenvalue weighted by Gasteiger charge is 2.35. The Bertz CT molecular complexity index is 1300. The normalized spacial score (nSPS) is 15.6. The lowest BCUT2D eigenvalue weighted by molar-refractivity contribution is -0.113. The predicted molar refractivity (Wildman–Crippen MR) is 163 cm³/mol. The number of anilines is 1. The molecule has 1 aliphatic heterocycles. The summed E-state index contributed by atoms with van der Waals surface area (Å²) < 4.78 is 6.13. The Morgan fingerprint density at radius 1 is 0.895 bits per heavy atom. The number of amidine groups is 1. The van der Waals surface area contributed by atoms with Gasteiger partial charge in [-0.3, -0.25) is 9.69 Å². The lowest BCUT2D eigenvalue weighted by Gasteiger charge is -2.16. The van der Waals surface area contributed by atoms with Crippen molar-refractivity contribution in [3.05, 3.63) is 93.3 Å². The second-order valence-electron chi connectivity index (χ2n) is 9.62. The van der Waals surface area contributed by atoms with E-state index in [-0.39, 0.29) is 5.91 Å². The third-order valence-corrected chi connectivity index (χ3v) is 7.58. The number of aliphatic imine (C=N–C) groups is 1. The zero-order valence-corrected chi connectivity index (χ0v) is 23.9. The first kappa shape index (κ1) is 28.0. The number of rotatable bonds is 11. The van der Waals surface area contributed by atoms with E-state index < -0.39 is 0 Å². The number of benzene rings is 3. The van der Waals surface area contributed by atoms with Crippen LogP contribution in [0.3, 0.4) is 0 Å². The van der Waals surface area contributed by atoms with Gasteiger partial charge in [-0.1, -0.05) is 86.0 Å². The molecular formula is C32H35ClN2O2S. The highest BCUT2D eigenvalue weighted by molar-refractivity contribution is 8.19. The Balaban J connectivity index is 1.60. The van der Waals surface area contributed by atoms with E-state index in [9.17, 15) is 4.79 Å². The number of carbonyl (C=O) groups is 1. The maximum absolute atomic E-state index is 13.7. The number of ether oxygens (including phenoxy) is 1. The van der Waals surface area contributed by atoms with Gasteiger partial charge in [0, 0.05) is 10.6 Å². The molecule has 0 aromatic heterocycles. The molecule has 0 spiro atoms. The number of carbonyl (C=O) groups excluding carboxylic acids is 1. The van der Waals surface area contributed by atoms with Crippen molar-refractivity contribution in [1.82, 2.24) is 0 Å². The summed E-state index contributed by atoms with van der Waals surface area (Å²) >= 11 is 7.71. The quantitative estimate of drug-likeness (QED) is 0.177. The molecule has 6 heteroatoms. The van der Waals surface area contributed by atoms with Gasteiger partial charge < -0.3 is 4.74 Å². The number of amides is 1. The van der Waals surface area contributed by atoms with Crippen LogP contribution in [0.15, 0.2) is 76.6 Å². The van der Waals surface area contributed by atoms with E-state index in [0.717, 1.165) is 46.7 Å². The van der Waals surface area contributed by atoms with Crippen LogP contribution in [0.2, 0.25) is 5.02 Å². The molecule has 0 unspecified atom stereocenters. The number of thioether (sulfide) groups is 1. The molecular weight excluding hydrogens is 512 g/mol. The first-order valence-electron chi connectivity index (χ1n) is 13.3. The van der Waals surface area contributed by atoms with E-state index in [4.69, 9.17) is 21.3 Å². The SMILES string of the molecule is CCCCCCCCOc1ccc(Cl)cc1/C=C1/SC(=Nc2ccc(C)cc2)N(c2ccc(C)cc2)C1=O. The Labute approximate surface area is 235 Å². The molecule has 0 saturated carbocycles. The Morgan fingerprint density at radius 3 is 2.26 bits per heavy atom. The number of aryl methyl sites for hydroxylation is 2. The van der Waals surface area contributed by atoms with Gasteiger partial charge in [0.2, 0.25) is 0 Å². The average molecular weight is 547 g/mol. The van der Waals surface area contributed by atoms with Gasteiger partial charge >= 0.3 is 0 Å². The highest BCUT2D eigenvalue weighted by Crippen LogP contribution is 2.39. The van der Waals surface area contributed by atoms with Crippen LogP contribution in [0.4, 0.5) is 11.4 Å². The largest absolute Gasteiger partial charge is 0.493 e. The Morgan fingerprint density at radius 2 is 1.55 bits per heavy atom. The van der Waals surface area contributed by atoms with Crippen molar-refractivity contribution in [2.45, 2.75) is 59.3 Å². The summed E-state index contributed by atoms with van der Waals surface area (Å²) in [6.45, 7) is 6.94. The second-order valence-corrected chi connectivity index (χ2v) is 11.1. The molecule has 1 fully saturated rings. The molecule has 0 atom stereocenters. The summed E-state index contributed by atoms with van der Waals surface area (Å²) in [5.41, 5.74) is 4.67. The molecule has 0 N–H and O–H groups in total. The number of hydrogen-bond acceptors (Lipinski definition) is 4. The van der Waals surface area contributed by atoms with E-state index >= 15 is 0 Å². The van der Waals surface area contributed by atoms with E-state index in [2.05, 4.69) is 6.92 Å². The molecule has 4 nitrogen and oxygen atoms in total. The van der Waals surface area contributed by atoms with Gasteiger partial charge in [0.25, 0.3) is 5.91 Å². The van der Waals surface area contributed by atoms with E-state index in [0.29, 0.717) is 21.7 Å². The minimum atomic E-state index is -0.119. The first-order valence-corrected chi connectivity index (χ1v) is 14.5. The molecule has 1 amide bonds. The van der Waals surface area contributed by atoms with Gasteiger partial charge in [-0.15, -0.1) is 0 Å².